The second kappa shape index (κ2) is 6.32. The SMILES string of the molecule is C[C@H]1CN([C@@H](C)C(=O)Nc2ccc(Cl)cn2)CCO1. The smallest absolute Gasteiger partial charge is 0.242 e. The lowest BCUT2D eigenvalue weighted by molar-refractivity contribution is -0.123. The fraction of sp³-hybridized carbons (Fsp3) is 0.538. The Hall–Kier alpha value is -1.17. The van der Waals surface area contributed by atoms with Crippen LogP contribution in [0.2, 0.25) is 5.02 Å². The largest absolute Gasteiger partial charge is 0.376 e. The molecule has 1 fully saturated rings. The molecule has 1 aliphatic rings. The van der Waals surface area contributed by atoms with Crippen molar-refractivity contribution in [3.63, 3.8) is 0 Å². The zero-order valence-corrected chi connectivity index (χ0v) is 11.9. The molecule has 0 spiro atoms. The van der Waals surface area contributed by atoms with Crippen molar-refractivity contribution in [1.82, 2.24) is 9.88 Å². The highest BCUT2D eigenvalue weighted by Crippen LogP contribution is 2.12. The van der Waals surface area contributed by atoms with Crippen LogP contribution in [0.1, 0.15) is 13.8 Å². The summed E-state index contributed by atoms with van der Waals surface area (Å²) in [5.74, 6) is 0.450. The van der Waals surface area contributed by atoms with E-state index in [1.165, 1.54) is 6.20 Å². The highest BCUT2D eigenvalue weighted by molar-refractivity contribution is 6.30. The molecule has 2 heterocycles. The first-order chi connectivity index (χ1) is 9.06. The van der Waals surface area contributed by atoms with E-state index in [9.17, 15) is 4.79 Å². The van der Waals surface area contributed by atoms with Gasteiger partial charge in [-0.15, -0.1) is 0 Å². The Morgan fingerprint density at radius 3 is 3.05 bits per heavy atom. The van der Waals surface area contributed by atoms with Gasteiger partial charge in [0.1, 0.15) is 5.82 Å². The Kier molecular flexibility index (Phi) is 4.74. The number of hydrogen-bond donors (Lipinski definition) is 1. The molecule has 0 aromatic carbocycles. The van der Waals surface area contributed by atoms with Crippen molar-refractivity contribution in [3.8, 4) is 0 Å². The van der Waals surface area contributed by atoms with Gasteiger partial charge in [0.05, 0.1) is 23.8 Å². The van der Waals surface area contributed by atoms with Gasteiger partial charge in [-0.3, -0.25) is 9.69 Å². The maximum absolute atomic E-state index is 12.1. The molecule has 0 saturated carbocycles. The van der Waals surface area contributed by atoms with Crippen LogP contribution in [0.3, 0.4) is 0 Å². The molecule has 1 saturated heterocycles. The maximum atomic E-state index is 12.1. The lowest BCUT2D eigenvalue weighted by Crippen LogP contribution is -2.50. The molecule has 1 aromatic heterocycles. The quantitative estimate of drug-likeness (QED) is 0.919. The molecule has 104 valence electrons. The van der Waals surface area contributed by atoms with Gasteiger partial charge in [0.15, 0.2) is 0 Å². The number of nitrogens with zero attached hydrogens (tertiary/aromatic N) is 2. The molecule has 1 aromatic rings. The molecule has 2 rings (SSSR count). The zero-order valence-electron chi connectivity index (χ0n) is 11.1. The van der Waals surface area contributed by atoms with E-state index in [1.54, 1.807) is 12.1 Å². The van der Waals surface area contributed by atoms with E-state index in [2.05, 4.69) is 15.2 Å². The molecular formula is C13H18ClN3O2. The Labute approximate surface area is 117 Å². The van der Waals surface area contributed by atoms with Gasteiger partial charge in [-0.25, -0.2) is 4.98 Å². The van der Waals surface area contributed by atoms with E-state index in [0.29, 0.717) is 17.4 Å². The molecule has 0 aliphatic carbocycles. The number of nitrogens with one attached hydrogen (secondary N) is 1. The number of rotatable bonds is 3. The Bertz CT molecular complexity index is 438. The van der Waals surface area contributed by atoms with Gasteiger partial charge in [-0.05, 0) is 26.0 Å². The number of anilines is 1. The lowest BCUT2D eigenvalue weighted by Gasteiger charge is -2.34. The summed E-state index contributed by atoms with van der Waals surface area (Å²) in [7, 11) is 0. The van der Waals surface area contributed by atoms with Gasteiger partial charge in [-0.2, -0.15) is 0 Å². The topological polar surface area (TPSA) is 54.5 Å². The van der Waals surface area contributed by atoms with Crippen LogP contribution < -0.4 is 5.32 Å². The summed E-state index contributed by atoms with van der Waals surface area (Å²) in [4.78, 5) is 18.3. The summed E-state index contributed by atoms with van der Waals surface area (Å²) in [6, 6.07) is 3.18. The molecule has 1 N–H and O–H groups in total. The van der Waals surface area contributed by atoms with Gasteiger partial charge in [-0.1, -0.05) is 11.6 Å². The summed E-state index contributed by atoms with van der Waals surface area (Å²) in [6.07, 6.45) is 1.68. The van der Waals surface area contributed by atoms with Crippen molar-refractivity contribution in [2.45, 2.75) is 26.0 Å². The second-order valence-electron chi connectivity index (χ2n) is 4.70. The van der Waals surface area contributed by atoms with Gasteiger partial charge < -0.3 is 10.1 Å². The van der Waals surface area contributed by atoms with E-state index < -0.39 is 0 Å². The molecule has 0 unspecified atom stereocenters. The average molecular weight is 284 g/mol. The van der Waals surface area contributed by atoms with Crippen molar-refractivity contribution in [2.24, 2.45) is 0 Å². The first-order valence-electron chi connectivity index (χ1n) is 6.34. The minimum absolute atomic E-state index is 0.0658. The lowest BCUT2D eigenvalue weighted by atomic mass is 10.2. The zero-order chi connectivity index (χ0) is 13.8. The van der Waals surface area contributed by atoms with Crippen LogP contribution in [0.25, 0.3) is 0 Å². The summed E-state index contributed by atoms with van der Waals surface area (Å²) >= 11 is 5.75. The highest BCUT2D eigenvalue weighted by atomic mass is 35.5. The van der Waals surface area contributed by atoms with Crippen LogP contribution in [0.5, 0.6) is 0 Å². The number of halogens is 1. The van der Waals surface area contributed by atoms with Crippen LogP contribution in [0.15, 0.2) is 18.3 Å². The molecular weight excluding hydrogens is 266 g/mol. The number of pyridine rings is 1. The molecule has 6 heteroatoms. The van der Waals surface area contributed by atoms with Gasteiger partial charge in [0.25, 0.3) is 0 Å². The maximum Gasteiger partial charge on any atom is 0.242 e. The van der Waals surface area contributed by atoms with E-state index in [1.807, 2.05) is 13.8 Å². The fourth-order valence-electron chi connectivity index (χ4n) is 2.04. The molecule has 0 bridgehead atoms. The standard InChI is InChI=1S/C13H18ClN3O2/c1-9-8-17(5-6-19-9)10(2)13(18)16-12-4-3-11(14)7-15-12/h3-4,7,9-10H,5-6,8H2,1-2H3,(H,15,16,18)/t9-,10-/m0/s1. The van der Waals surface area contributed by atoms with Crippen LogP contribution in [0.4, 0.5) is 5.82 Å². The minimum Gasteiger partial charge on any atom is -0.376 e. The van der Waals surface area contributed by atoms with Gasteiger partial charge >= 0.3 is 0 Å². The Morgan fingerprint density at radius 2 is 2.42 bits per heavy atom. The summed E-state index contributed by atoms with van der Waals surface area (Å²) < 4.78 is 5.47. The summed E-state index contributed by atoms with van der Waals surface area (Å²) in [5.41, 5.74) is 0. The number of hydrogen-bond acceptors (Lipinski definition) is 4. The molecule has 1 amide bonds. The summed E-state index contributed by atoms with van der Waals surface area (Å²) in [6.45, 7) is 6.11. The van der Waals surface area contributed by atoms with E-state index in [-0.39, 0.29) is 18.1 Å². The first-order valence-corrected chi connectivity index (χ1v) is 6.72. The minimum atomic E-state index is -0.205. The molecule has 0 radical (unpaired) electrons. The Morgan fingerprint density at radius 1 is 1.63 bits per heavy atom. The van der Waals surface area contributed by atoms with Crippen molar-refractivity contribution < 1.29 is 9.53 Å². The molecule has 1 aliphatic heterocycles. The van der Waals surface area contributed by atoms with E-state index >= 15 is 0 Å². The van der Waals surface area contributed by atoms with Crippen LogP contribution in [-0.2, 0) is 9.53 Å². The normalized spacial score (nSPS) is 21.9. The van der Waals surface area contributed by atoms with Gasteiger partial charge in [0, 0.05) is 19.3 Å². The monoisotopic (exact) mass is 283 g/mol. The van der Waals surface area contributed by atoms with Crippen molar-refractivity contribution in [2.75, 3.05) is 25.0 Å². The Balaban J connectivity index is 1.93. The number of ether oxygens (including phenoxy) is 1. The number of aromatic nitrogens is 1. The van der Waals surface area contributed by atoms with Crippen molar-refractivity contribution in [1.29, 1.82) is 0 Å². The second-order valence-corrected chi connectivity index (χ2v) is 5.14. The van der Waals surface area contributed by atoms with E-state index in [0.717, 1.165) is 13.1 Å². The van der Waals surface area contributed by atoms with Crippen LogP contribution in [0, 0.1) is 0 Å². The fourth-order valence-corrected chi connectivity index (χ4v) is 2.16. The number of carbonyl (C=O) groups excluding carboxylic acids is 1. The predicted octanol–water partition coefficient (Wildman–Crippen LogP) is 1.78. The third-order valence-corrected chi connectivity index (χ3v) is 3.40. The molecule has 5 nitrogen and oxygen atoms in total. The third-order valence-electron chi connectivity index (χ3n) is 3.18. The number of morpholine rings is 1. The number of amides is 1. The molecule has 2 atom stereocenters. The predicted molar refractivity (Wildman–Crippen MR) is 74.3 cm³/mol. The van der Waals surface area contributed by atoms with Crippen molar-refractivity contribution >= 4 is 23.3 Å². The van der Waals surface area contributed by atoms with Gasteiger partial charge in [0.2, 0.25) is 5.91 Å². The average Bonchev–Trinajstić information content (AvgIpc) is 2.40. The molecule has 19 heavy (non-hydrogen) atoms. The highest BCUT2D eigenvalue weighted by Gasteiger charge is 2.26. The third kappa shape index (κ3) is 3.89. The van der Waals surface area contributed by atoms with E-state index in [4.69, 9.17) is 16.3 Å². The number of carbonyl (C=O) groups is 1. The van der Waals surface area contributed by atoms with Crippen LogP contribution >= 0.6 is 11.6 Å². The summed E-state index contributed by atoms with van der Waals surface area (Å²) in [5, 5.41) is 3.34. The first kappa shape index (κ1) is 14.2. The van der Waals surface area contributed by atoms with Crippen LogP contribution in [-0.4, -0.2) is 47.6 Å². The van der Waals surface area contributed by atoms with Crippen molar-refractivity contribution in [3.05, 3.63) is 23.4 Å².